The molecule has 0 saturated heterocycles. The van der Waals surface area contributed by atoms with Crippen molar-refractivity contribution >= 4 is 5.91 Å². The molecule has 19 heavy (non-hydrogen) atoms. The number of nitrogens with one attached hydrogen (secondary N) is 1. The average molecular weight is 271 g/mol. The van der Waals surface area contributed by atoms with E-state index in [0.717, 1.165) is 0 Å². The van der Waals surface area contributed by atoms with Crippen LogP contribution in [0.1, 0.15) is 41.6 Å². The summed E-state index contributed by atoms with van der Waals surface area (Å²) in [5.41, 5.74) is 0.689. The Kier molecular flexibility index (Phi) is 3.83. The van der Waals surface area contributed by atoms with E-state index in [4.69, 9.17) is 0 Å². The fraction of sp³-hybridized carbons (Fsp3) is 0.500. The van der Waals surface area contributed by atoms with E-state index in [-0.39, 0.29) is 37.3 Å². The molecule has 104 valence electrons. The highest BCUT2D eigenvalue weighted by atomic mass is 19.3. The molecule has 0 aliphatic heterocycles. The summed E-state index contributed by atoms with van der Waals surface area (Å²) in [4.78, 5) is 11.9. The quantitative estimate of drug-likeness (QED) is 0.877. The minimum absolute atomic E-state index is 0.208. The van der Waals surface area contributed by atoms with Gasteiger partial charge in [-0.2, -0.15) is 0 Å². The Morgan fingerprint density at radius 3 is 2.53 bits per heavy atom. The number of hydrogen-bond donors (Lipinski definition) is 1. The summed E-state index contributed by atoms with van der Waals surface area (Å²) >= 11 is 0. The number of alkyl halides is 2. The van der Waals surface area contributed by atoms with Gasteiger partial charge in [0.25, 0.3) is 5.91 Å². The molecule has 0 atom stereocenters. The first-order valence-corrected chi connectivity index (χ1v) is 6.32. The fourth-order valence-electron chi connectivity index (χ4n) is 2.19. The minimum Gasteiger partial charge on any atom is -0.349 e. The van der Waals surface area contributed by atoms with Crippen molar-refractivity contribution in [2.24, 2.45) is 0 Å². The molecule has 1 aliphatic carbocycles. The topological polar surface area (TPSA) is 29.1 Å². The molecule has 1 N–H and O–H groups in total. The van der Waals surface area contributed by atoms with E-state index in [0.29, 0.717) is 5.56 Å². The van der Waals surface area contributed by atoms with Crippen LogP contribution in [0.4, 0.5) is 13.2 Å². The van der Waals surface area contributed by atoms with Gasteiger partial charge < -0.3 is 5.32 Å². The van der Waals surface area contributed by atoms with Gasteiger partial charge in [0.2, 0.25) is 5.92 Å². The molecule has 1 aromatic rings. The van der Waals surface area contributed by atoms with Crippen LogP contribution in [0, 0.1) is 12.7 Å². The first kappa shape index (κ1) is 13.9. The molecule has 0 aromatic heterocycles. The van der Waals surface area contributed by atoms with Crippen LogP contribution in [-0.4, -0.2) is 17.9 Å². The molecule has 1 aliphatic rings. The van der Waals surface area contributed by atoms with Crippen molar-refractivity contribution in [2.75, 3.05) is 0 Å². The van der Waals surface area contributed by atoms with E-state index in [1.165, 1.54) is 18.2 Å². The summed E-state index contributed by atoms with van der Waals surface area (Å²) in [7, 11) is 0. The number of carbonyl (C=O) groups excluding carboxylic acids is 1. The Bertz CT molecular complexity index is 478. The third kappa shape index (κ3) is 3.49. The lowest BCUT2D eigenvalue weighted by molar-refractivity contribution is -0.0399. The Morgan fingerprint density at radius 2 is 1.95 bits per heavy atom. The van der Waals surface area contributed by atoms with Crippen LogP contribution in [-0.2, 0) is 0 Å². The first-order chi connectivity index (χ1) is 8.87. The molecule has 1 amide bonds. The number of benzene rings is 1. The maximum absolute atomic E-state index is 13.3. The zero-order chi connectivity index (χ0) is 14.0. The zero-order valence-electron chi connectivity index (χ0n) is 10.7. The summed E-state index contributed by atoms with van der Waals surface area (Å²) in [6.45, 7) is 1.61. The highest BCUT2D eigenvalue weighted by Crippen LogP contribution is 2.33. The van der Waals surface area contributed by atoms with E-state index in [1.54, 1.807) is 6.92 Å². The average Bonchev–Trinajstić information content (AvgIpc) is 2.35. The van der Waals surface area contributed by atoms with Crippen LogP contribution < -0.4 is 5.32 Å². The minimum atomic E-state index is -2.61. The Hall–Kier alpha value is -1.52. The standard InChI is InChI=1S/C14H16F3NO/c1-9-2-3-10(8-12(9)15)13(19)18-11-4-6-14(16,17)7-5-11/h2-3,8,11H,4-7H2,1H3,(H,18,19). The van der Waals surface area contributed by atoms with Gasteiger partial charge in [0.1, 0.15) is 5.82 Å². The molecule has 1 fully saturated rings. The molecule has 2 rings (SSSR count). The van der Waals surface area contributed by atoms with Crippen molar-refractivity contribution in [3.05, 3.63) is 35.1 Å². The second-order valence-corrected chi connectivity index (χ2v) is 5.07. The van der Waals surface area contributed by atoms with Gasteiger partial charge in [0, 0.05) is 24.4 Å². The zero-order valence-corrected chi connectivity index (χ0v) is 10.7. The van der Waals surface area contributed by atoms with E-state index >= 15 is 0 Å². The Morgan fingerprint density at radius 1 is 1.32 bits per heavy atom. The van der Waals surface area contributed by atoms with Crippen LogP contribution in [0.2, 0.25) is 0 Å². The molecule has 1 aromatic carbocycles. The fourth-order valence-corrected chi connectivity index (χ4v) is 2.19. The molecule has 0 heterocycles. The molecule has 0 radical (unpaired) electrons. The normalized spacial score (nSPS) is 19.2. The third-order valence-electron chi connectivity index (χ3n) is 3.49. The summed E-state index contributed by atoms with van der Waals surface area (Å²) in [5.74, 6) is -3.46. The predicted molar refractivity (Wildman–Crippen MR) is 65.8 cm³/mol. The number of halogens is 3. The smallest absolute Gasteiger partial charge is 0.251 e. The summed E-state index contributed by atoms with van der Waals surface area (Å²) in [5, 5.41) is 2.68. The predicted octanol–water partition coefficient (Wildman–Crippen LogP) is 3.44. The van der Waals surface area contributed by atoms with Gasteiger partial charge in [-0.1, -0.05) is 6.07 Å². The largest absolute Gasteiger partial charge is 0.349 e. The van der Waals surface area contributed by atoms with Gasteiger partial charge in [-0.25, -0.2) is 13.2 Å². The van der Waals surface area contributed by atoms with E-state index in [2.05, 4.69) is 5.32 Å². The first-order valence-electron chi connectivity index (χ1n) is 6.32. The molecule has 0 spiro atoms. The highest BCUT2D eigenvalue weighted by Gasteiger charge is 2.35. The van der Waals surface area contributed by atoms with Crippen LogP contribution >= 0.6 is 0 Å². The van der Waals surface area contributed by atoms with Crippen LogP contribution in [0.25, 0.3) is 0 Å². The van der Waals surface area contributed by atoms with Gasteiger partial charge in [-0.15, -0.1) is 0 Å². The molecule has 2 nitrogen and oxygen atoms in total. The molecule has 0 bridgehead atoms. The lowest BCUT2D eigenvalue weighted by atomic mass is 9.92. The van der Waals surface area contributed by atoms with Crippen molar-refractivity contribution in [1.82, 2.24) is 5.32 Å². The van der Waals surface area contributed by atoms with Gasteiger partial charge in [-0.3, -0.25) is 4.79 Å². The third-order valence-corrected chi connectivity index (χ3v) is 3.49. The molecular weight excluding hydrogens is 255 g/mol. The molecule has 1 saturated carbocycles. The Balaban J connectivity index is 1.96. The van der Waals surface area contributed by atoms with Crippen molar-refractivity contribution in [3.8, 4) is 0 Å². The number of carbonyl (C=O) groups is 1. The number of amides is 1. The van der Waals surface area contributed by atoms with E-state index in [9.17, 15) is 18.0 Å². The molecule has 0 unspecified atom stereocenters. The van der Waals surface area contributed by atoms with Gasteiger partial charge >= 0.3 is 0 Å². The summed E-state index contributed by atoms with van der Waals surface area (Å²) < 4.78 is 39.3. The maximum Gasteiger partial charge on any atom is 0.251 e. The highest BCUT2D eigenvalue weighted by molar-refractivity contribution is 5.94. The van der Waals surface area contributed by atoms with Crippen molar-refractivity contribution < 1.29 is 18.0 Å². The number of hydrogen-bond acceptors (Lipinski definition) is 1. The van der Waals surface area contributed by atoms with Crippen LogP contribution in [0.15, 0.2) is 18.2 Å². The number of aryl methyl sites for hydroxylation is 1. The molecule has 5 heteroatoms. The van der Waals surface area contributed by atoms with Gasteiger partial charge in [-0.05, 0) is 37.5 Å². The van der Waals surface area contributed by atoms with E-state index in [1.807, 2.05) is 0 Å². The van der Waals surface area contributed by atoms with Gasteiger partial charge in [0.15, 0.2) is 0 Å². The number of rotatable bonds is 2. The maximum atomic E-state index is 13.3. The SMILES string of the molecule is Cc1ccc(C(=O)NC2CCC(F)(F)CC2)cc1F. The van der Waals surface area contributed by atoms with E-state index < -0.39 is 17.6 Å². The van der Waals surface area contributed by atoms with Crippen LogP contribution in [0.5, 0.6) is 0 Å². The van der Waals surface area contributed by atoms with Crippen molar-refractivity contribution in [1.29, 1.82) is 0 Å². The Labute approximate surface area is 110 Å². The lowest BCUT2D eigenvalue weighted by Crippen LogP contribution is -2.40. The van der Waals surface area contributed by atoms with Gasteiger partial charge in [0.05, 0.1) is 0 Å². The van der Waals surface area contributed by atoms with Crippen molar-refractivity contribution in [3.63, 3.8) is 0 Å². The summed E-state index contributed by atoms with van der Waals surface area (Å²) in [6, 6.07) is 3.98. The van der Waals surface area contributed by atoms with Crippen molar-refractivity contribution in [2.45, 2.75) is 44.6 Å². The summed E-state index contributed by atoms with van der Waals surface area (Å²) in [6.07, 6.45) is 0.0978. The second-order valence-electron chi connectivity index (χ2n) is 5.07. The monoisotopic (exact) mass is 271 g/mol. The lowest BCUT2D eigenvalue weighted by Gasteiger charge is -2.28. The van der Waals surface area contributed by atoms with Crippen LogP contribution in [0.3, 0.4) is 0 Å². The molecular formula is C14H16F3NO. The second kappa shape index (κ2) is 5.23.